The molecule has 2 aromatic heterocycles. The fourth-order valence-electron chi connectivity index (χ4n) is 3.02. The van der Waals surface area contributed by atoms with E-state index in [9.17, 15) is 0 Å². The van der Waals surface area contributed by atoms with Gasteiger partial charge in [0.1, 0.15) is 11.5 Å². The molecule has 0 radical (unpaired) electrons. The van der Waals surface area contributed by atoms with Crippen molar-refractivity contribution < 1.29 is 4.74 Å². The van der Waals surface area contributed by atoms with E-state index >= 15 is 0 Å². The fraction of sp³-hybridized carbons (Fsp3) is 0.526. The molecule has 0 spiro atoms. The number of anilines is 1. The fourth-order valence-corrected chi connectivity index (χ4v) is 3.02. The molecule has 1 aliphatic rings. The van der Waals surface area contributed by atoms with E-state index in [1.54, 1.807) is 6.20 Å². The zero-order valence-corrected chi connectivity index (χ0v) is 15.5. The smallest absolute Gasteiger partial charge is 0.180 e. The Kier molecular flexibility index (Phi) is 5.60. The molecule has 0 aromatic carbocycles. The van der Waals surface area contributed by atoms with Gasteiger partial charge < -0.3 is 10.1 Å². The van der Waals surface area contributed by atoms with Crippen LogP contribution >= 0.6 is 0 Å². The first-order valence-corrected chi connectivity index (χ1v) is 8.91. The van der Waals surface area contributed by atoms with Crippen molar-refractivity contribution in [3.63, 3.8) is 0 Å². The number of nitrogens with one attached hydrogen (secondary N) is 1. The van der Waals surface area contributed by atoms with Crippen LogP contribution in [-0.4, -0.2) is 58.2 Å². The van der Waals surface area contributed by atoms with Crippen molar-refractivity contribution >= 4 is 5.82 Å². The maximum atomic E-state index is 5.46. The zero-order valence-electron chi connectivity index (χ0n) is 15.5. The SMILES string of the molecule is Cc1nc(-c2ccccn2)nc(NC(C)C(C)N2CCOCC2)c1C. The quantitative estimate of drug-likeness (QED) is 0.902. The van der Waals surface area contributed by atoms with Gasteiger partial charge in [0.05, 0.1) is 13.2 Å². The summed E-state index contributed by atoms with van der Waals surface area (Å²) in [5.41, 5.74) is 2.85. The number of aryl methyl sites for hydroxylation is 1. The normalized spacial score (nSPS) is 17.9. The van der Waals surface area contributed by atoms with Gasteiger partial charge in [0.2, 0.25) is 0 Å². The highest BCUT2D eigenvalue weighted by molar-refractivity contribution is 5.56. The van der Waals surface area contributed by atoms with Crippen LogP contribution in [0.25, 0.3) is 11.5 Å². The molecule has 25 heavy (non-hydrogen) atoms. The Balaban J connectivity index is 1.80. The third kappa shape index (κ3) is 4.14. The molecule has 2 aromatic rings. The summed E-state index contributed by atoms with van der Waals surface area (Å²) < 4.78 is 5.46. The molecule has 6 nitrogen and oxygen atoms in total. The van der Waals surface area contributed by atoms with Gasteiger partial charge in [-0.15, -0.1) is 0 Å². The van der Waals surface area contributed by atoms with Crippen LogP contribution in [0.4, 0.5) is 5.82 Å². The number of ether oxygens (including phenoxy) is 1. The maximum Gasteiger partial charge on any atom is 0.180 e. The number of nitrogens with zero attached hydrogens (tertiary/aromatic N) is 4. The Morgan fingerprint density at radius 1 is 1.12 bits per heavy atom. The average molecular weight is 341 g/mol. The molecule has 3 rings (SSSR count). The Bertz CT molecular complexity index is 700. The van der Waals surface area contributed by atoms with E-state index in [-0.39, 0.29) is 6.04 Å². The third-order valence-corrected chi connectivity index (χ3v) is 4.99. The predicted molar refractivity (Wildman–Crippen MR) is 99.7 cm³/mol. The van der Waals surface area contributed by atoms with E-state index in [4.69, 9.17) is 9.72 Å². The van der Waals surface area contributed by atoms with Crippen LogP contribution in [0, 0.1) is 13.8 Å². The highest BCUT2D eigenvalue weighted by Gasteiger charge is 2.23. The van der Waals surface area contributed by atoms with Crippen LogP contribution in [0.15, 0.2) is 24.4 Å². The summed E-state index contributed by atoms with van der Waals surface area (Å²) in [5, 5.41) is 3.60. The van der Waals surface area contributed by atoms with Gasteiger partial charge in [-0.05, 0) is 39.8 Å². The van der Waals surface area contributed by atoms with Gasteiger partial charge in [-0.3, -0.25) is 9.88 Å². The van der Waals surface area contributed by atoms with Crippen molar-refractivity contribution in [3.8, 4) is 11.5 Å². The summed E-state index contributed by atoms with van der Waals surface area (Å²) in [7, 11) is 0. The molecular formula is C19H27N5O. The number of hydrogen-bond donors (Lipinski definition) is 1. The van der Waals surface area contributed by atoms with Gasteiger partial charge in [0.25, 0.3) is 0 Å². The van der Waals surface area contributed by atoms with Crippen LogP contribution in [0.1, 0.15) is 25.1 Å². The zero-order chi connectivity index (χ0) is 17.8. The Morgan fingerprint density at radius 2 is 1.88 bits per heavy atom. The van der Waals surface area contributed by atoms with Gasteiger partial charge >= 0.3 is 0 Å². The first kappa shape index (κ1) is 17.8. The monoisotopic (exact) mass is 341 g/mol. The largest absolute Gasteiger partial charge is 0.379 e. The number of morpholine rings is 1. The molecule has 134 valence electrons. The molecule has 2 atom stereocenters. The number of rotatable bonds is 5. The van der Waals surface area contributed by atoms with E-state index in [1.165, 1.54) is 0 Å². The Morgan fingerprint density at radius 3 is 2.56 bits per heavy atom. The number of pyridine rings is 1. The van der Waals surface area contributed by atoms with Gasteiger partial charge in [-0.1, -0.05) is 6.07 Å². The Hall–Kier alpha value is -2.05. The summed E-state index contributed by atoms with van der Waals surface area (Å²) in [4.78, 5) is 16.2. The first-order chi connectivity index (χ1) is 12.1. The highest BCUT2D eigenvalue weighted by atomic mass is 16.5. The van der Waals surface area contributed by atoms with E-state index in [0.29, 0.717) is 11.9 Å². The molecule has 6 heteroatoms. The van der Waals surface area contributed by atoms with Crippen LogP contribution in [0.2, 0.25) is 0 Å². The van der Waals surface area contributed by atoms with Gasteiger partial charge in [-0.25, -0.2) is 9.97 Å². The lowest BCUT2D eigenvalue weighted by molar-refractivity contribution is 0.0175. The second-order valence-corrected chi connectivity index (χ2v) is 6.64. The van der Waals surface area contributed by atoms with Crippen LogP contribution in [0.5, 0.6) is 0 Å². The molecule has 3 heterocycles. The molecule has 0 amide bonds. The molecular weight excluding hydrogens is 314 g/mol. The lowest BCUT2D eigenvalue weighted by Gasteiger charge is -2.36. The standard InChI is InChI=1S/C19H27N5O/c1-13-14(2)21-19(17-7-5-6-8-20-17)23-18(13)22-15(3)16(4)24-9-11-25-12-10-24/h5-8,15-16H,9-12H2,1-4H3,(H,21,22,23). The van der Waals surface area contributed by atoms with Gasteiger partial charge in [0, 0.05) is 42.6 Å². The van der Waals surface area contributed by atoms with E-state index in [0.717, 1.165) is 49.1 Å². The van der Waals surface area contributed by atoms with Crippen molar-refractivity contribution in [1.29, 1.82) is 0 Å². The average Bonchev–Trinajstić information content (AvgIpc) is 2.66. The van der Waals surface area contributed by atoms with E-state index < -0.39 is 0 Å². The molecule has 1 fully saturated rings. The molecule has 1 saturated heterocycles. The van der Waals surface area contributed by atoms with Crippen molar-refractivity contribution in [3.05, 3.63) is 35.7 Å². The number of hydrogen-bond acceptors (Lipinski definition) is 6. The molecule has 1 N–H and O–H groups in total. The van der Waals surface area contributed by atoms with Crippen LogP contribution in [-0.2, 0) is 4.74 Å². The lowest BCUT2D eigenvalue weighted by Crippen LogP contribution is -2.48. The summed E-state index contributed by atoms with van der Waals surface area (Å²) >= 11 is 0. The molecule has 1 aliphatic heterocycles. The summed E-state index contributed by atoms with van der Waals surface area (Å²) in [6.07, 6.45) is 1.77. The lowest BCUT2D eigenvalue weighted by atomic mass is 10.1. The minimum absolute atomic E-state index is 0.266. The minimum Gasteiger partial charge on any atom is -0.379 e. The van der Waals surface area contributed by atoms with Gasteiger partial charge in [0.15, 0.2) is 5.82 Å². The number of aromatic nitrogens is 3. The van der Waals surface area contributed by atoms with Crippen molar-refractivity contribution in [1.82, 2.24) is 19.9 Å². The first-order valence-electron chi connectivity index (χ1n) is 8.91. The predicted octanol–water partition coefficient (Wildman–Crippen LogP) is 2.68. The third-order valence-electron chi connectivity index (χ3n) is 4.99. The molecule has 2 unspecified atom stereocenters. The summed E-state index contributed by atoms with van der Waals surface area (Å²) in [6.45, 7) is 12.1. The second kappa shape index (κ2) is 7.89. The van der Waals surface area contributed by atoms with Gasteiger partial charge in [-0.2, -0.15) is 0 Å². The Labute approximate surface area is 149 Å². The molecule has 0 bridgehead atoms. The van der Waals surface area contributed by atoms with Crippen molar-refractivity contribution in [2.45, 2.75) is 39.8 Å². The molecule has 0 saturated carbocycles. The second-order valence-electron chi connectivity index (χ2n) is 6.64. The van der Waals surface area contributed by atoms with E-state index in [1.807, 2.05) is 25.1 Å². The minimum atomic E-state index is 0.266. The molecule has 0 aliphatic carbocycles. The topological polar surface area (TPSA) is 63.2 Å². The van der Waals surface area contributed by atoms with E-state index in [2.05, 4.69) is 41.0 Å². The highest BCUT2D eigenvalue weighted by Crippen LogP contribution is 2.22. The maximum absolute atomic E-state index is 5.46. The summed E-state index contributed by atoms with van der Waals surface area (Å²) in [6, 6.07) is 6.46. The summed E-state index contributed by atoms with van der Waals surface area (Å²) in [5.74, 6) is 1.55. The van der Waals surface area contributed by atoms with Crippen LogP contribution in [0.3, 0.4) is 0 Å². The van der Waals surface area contributed by atoms with Crippen molar-refractivity contribution in [2.24, 2.45) is 0 Å². The van der Waals surface area contributed by atoms with Crippen LogP contribution < -0.4 is 5.32 Å². The van der Waals surface area contributed by atoms with Crippen molar-refractivity contribution in [2.75, 3.05) is 31.6 Å².